The van der Waals surface area contributed by atoms with Crippen LogP contribution in [-0.4, -0.2) is 36.8 Å². The van der Waals surface area contributed by atoms with Gasteiger partial charge in [-0.05, 0) is 56.6 Å². The van der Waals surface area contributed by atoms with Crippen LogP contribution in [0.2, 0.25) is 5.02 Å². The standard InChI is InChI=1S/C13H19ClFNO/c1-16(7-2-3-9-17)8-6-11-10-12(14)4-5-13(11)15/h4-5,10,17H,2-3,6-9H2,1H3. The Balaban J connectivity index is 2.36. The van der Waals surface area contributed by atoms with E-state index in [0.717, 1.165) is 25.9 Å². The highest BCUT2D eigenvalue weighted by Gasteiger charge is 2.05. The second-order valence-corrected chi connectivity index (χ2v) is 4.66. The minimum atomic E-state index is -0.196. The zero-order valence-corrected chi connectivity index (χ0v) is 10.9. The SMILES string of the molecule is CN(CCCCO)CCc1cc(Cl)ccc1F. The van der Waals surface area contributed by atoms with Crippen LogP contribution in [0.15, 0.2) is 18.2 Å². The van der Waals surface area contributed by atoms with Crippen molar-refractivity contribution in [2.24, 2.45) is 0 Å². The van der Waals surface area contributed by atoms with Crippen LogP contribution in [-0.2, 0) is 6.42 Å². The summed E-state index contributed by atoms with van der Waals surface area (Å²) in [6.07, 6.45) is 2.43. The van der Waals surface area contributed by atoms with Gasteiger partial charge in [0.2, 0.25) is 0 Å². The summed E-state index contributed by atoms with van der Waals surface area (Å²) in [5.41, 5.74) is 0.659. The molecule has 0 saturated carbocycles. The van der Waals surface area contributed by atoms with E-state index in [-0.39, 0.29) is 12.4 Å². The van der Waals surface area contributed by atoms with E-state index in [0.29, 0.717) is 17.0 Å². The maximum absolute atomic E-state index is 13.4. The Morgan fingerprint density at radius 2 is 2.06 bits per heavy atom. The molecule has 1 N–H and O–H groups in total. The minimum Gasteiger partial charge on any atom is -0.396 e. The van der Waals surface area contributed by atoms with Crippen LogP contribution in [0.5, 0.6) is 0 Å². The maximum Gasteiger partial charge on any atom is 0.126 e. The van der Waals surface area contributed by atoms with E-state index in [4.69, 9.17) is 16.7 Å². The van der Waals surface area contributed by atoms with Crippen LogP contribution >= 0.6 is 11.6 Å². The van der Waals surface area contributed by atoms with Crippen LogP contribution in [0, 0.1) is 5.82 Å². The van der Waals surface area contributed by atoms with Gasteiger partial charge in [-0.25, -0.2) is 4.39 Å². The van der Waals surface area contributed by atoms with Gasteiger partial charge in [0, 0.05) is 18.2 Å². The molecule has 0 saturated heterocycles. The Kier molecular flexibility index (Phi) is 6.48. The van der Waals surface area contributed by atoms with Crippen molar-refractivity contribution in [3.8, 4) is 0 Å². The molecule has 0 unspecified atom stereocenters. The first-order valence-electron chi connectivity index (χ1n) is 5.87. The van der Waals surface area contributed by atoms with Crippen LogP contribution in [0.3, 0.4) is 0 Å². The molecule has 0 amide bonds. The molecule has 2 nitrogen and oxygen atoms in total. The molecule has 0 aliphatic rings. The van der Waals surface area contributed by atoms with Crippen molar-refractivity contribution in [2.45, 2.75) is 19.3 Å². The summed E-state index contributed by atoms with van der Waals surface area (Å²) in [5, 5.41) is 9.24. The molecule has 4 heteroatoms. The number of nitrogens with zero attached hydrogens (tertiary/aromatic N) is 1. The van der Waals surface area contributed by atoms with Gasteiger partial charge in [-0.15, -0.1) is 0 Å². The molecule has 1 aromatic rings. The van der Waals surface area contributed by atoms with Crippen molar-refractivity contribution in [3.63, 3.8) is 0 Å². The lowest BCUT2D eigenvalue weighted by Gasteiger charge is -2.16. The second kappa shape index (κ2) is 7.64. The minimum absolute atomic E-state index is 0.196. The first-order chi connectivity index (χ1) is 8.13. The number of hydrogen-bond acceptors (Lipinski definition) is 2. The lowest BCUT2D eigenvalue weighted by atomic mass is 10.1. The number of aliphatic hydroxyl groups is 1. The summed E-state index contributed by atoms with van der Waals surface area (Å²) in [7, 11) is 2.00. The summed E-state index contributed by atoms with van der Waals surface area (Å²) in [6.45, 7) is 1.95. The molecular weight excluding hydrogens is 241 g/mol. The van der Waals surface area contributed by atoms with Crippen LogP contribution < -0.4 is 0 Å². The molecular formula is C13H19ClFNO. The number of benzene rings is 1. The lowest BCUT2D eigenvalue weighted by Crippen LogP contribution is -2.22. The Morgan fingerprint density at radius 1 is 1.29 bits per heavy atom. The predicted octanol–water partition coefficient (Wildman–Crippen LogP) is 2.73. The number of likely N-dealkylation sites (N-methyl/N-ethyl adjacent to an activating group) is 1. The number of aliphatic hydroxyl groups excluding tert-OH is 1. The smallest absolute Gasteiger partial charge is 0.126 e. The number of rotatable bonds is 7. The van der Waals surface area contributed by atoms with Crippen molar-refractivity contribution in [2.75, 3.05) is 26.7 Å². The van der Waals surface area contributed by atoms with E-state index >= 15 is 0 Å². The van der Waals surface area contributed by atoms with Gasteiger partial charge in [0.25, 0.3) is 0 Å². The van der Waals surface area contributed by atoms with Gasteiger partial charge in [-0.3, -0.25) is 0 Å². The van der Waals surface area contributed by atoms with Crippen molar-refractivity contribution in [3.05, 3.63) is 34.6 Å². The highest BCUT2D eigenvalue weighted by molar-refractivity contribution is 6.30. The van der Waals surface area contributed by atoms with Crippen molar-refractivity contribution in [1.82, 2.24) is 4.90 Å². The molecule has 0 bridgehead atoms. The van der Waals surface area contributed by atoms with Crippen molar-refractivity contribution < 1.29 is 9.50 Å². The zero-order valence-electron chi connectivity index (χ0n) is 10.1. The molecule has 0 atom stereocenters. The average Bonchev–Trinajstić information content (AvgIpc) is 2.31. The third-order valence-electron chi connectivity index (χ3n) is 2.72. The Bertz CT molecular complexity index is 346. The fraction of sp³-hybridized carbons (Fsp3) is 0.538. The predicted molar refractivity (Wildman–Crippen MR) is 68.9 cm³/mol. The maximum atomic E-state index is 13.4. The fourth-order valence-corrected chi connectivity index (χ4v) is 1.85. The van der Waals surface area contributed by atoms with E-state index in [9.17, 15) is 4.39 Å². The Morgan fingerprint density at radius 3 is 2.76 bits per heavy atom. The fourth-order valence-electron chi connectivity index (χ4n) is 1.65. The van der Waals surface area contributed by atoms with Gasteiger partial charge in [-0.1, -0.05) is 11.6 Å². The zero-order chi connectivity index (χ0) is 12.7. The van der Waals surface area contributed by atoms with E-state index < -0.39 is 0 Å². The summed E-state index contributed by atoms with van der Waals surface area (Å²) in [6, 6.07) is 4.65. The number of halogens is 2. The number of unbranched alkanes of at least 4 members (excludes halogenated alkanes) is 1. The quantitative estimate of drug-likeness (QED) is 0.761. The van der Waals surface area contributed by atoms with Gasteiger partial charge in [0.1, 0.15) is 5.82 Å². The van der Waals surface area contributed by atoms with Gasteiger partial charge in [0.15, 0.2) is 0 Å². The average molecular weight is 260 g/mol. The summed E-state index contributed by atoms with van der Waals surface area (Å²) < 4.78 is 13.4. The van der Waals surface area contributed by atoms with E-state index in [1.54, 1.807) is 12.1 Å². The van der Waals surface area contributed by atoms with Crippen molar-refractivity contribution in [1.29, 1.82) is 0 Å². The molecule has 0 aromatic heterocycles. The molecule has 0 spiro atoms. The van der Waals surface area contributed by atoms with E-state index in [1.807, 2.05) is 7.05 Å². The summed E-state index contributed by atoms with van der Waals surface area (Å²) in [4.78, 5) is 2.13. The van der Waals surface area contributed by atoms with Gasteiger partial charge in [-0.2, -0.15) is 0 Å². The lowest BCUT2D eigenvalue weighted by molar-refractivity contribution is 0.264. The molecule has 0 aliphatic carbocycles. The highest BCUT2D eigenvalue weighted by Crippen LogP contribution is 2.15. The first kappa shape index (κ1) is 14.4. The summed E-state index contributed by atoms with van der Waals surface area (Å²) >= 11 is 5.83. The van der Waals surface area contributed by atoms with Crippen LogP contribution in [0.4, 0.5) is 4.39 Å². The van der Waals surface area contributed by atoms with Gasteiger partial charge < -0.3 is 10.0 Å². The molecule has 0 aliphatic heterocycles. The number of hydrogen-bond donors (Lipinski definition) is 1. The molecule has 17 heavy (non-hydrogen) atoms. The largest absolute Gasteiger partial charge is 0.396 e. The first-order valence-corrected chi connectivity index (χ1v) is 6.24. The molecule has 0 fully saturated rings. The van der Waals surface area contributed by atoms with Gasteiger partial charge >= 0.3 is 0 Å². The molecule has 0 heterocycles. The van der Waals surface area contributed by atoms with Gasteiger partial charge in [0.05, 0.1) is 0 Å². The van der Waals surface area contributed by atoms with Crippen molar-refractivity contribution >= 4 is 11.6 Å². The Hall–Kier alpha value is -0.640. The summed E-state index contributed by atoms with van der Waals surface area (Å²) in [5.74, 6) is -0.196. The monoisotopic (exact) mass is 259 g/mol. The van der Waals surface area contributed by atoms with Crippen LogP contribution in [0.25, 0.3) is 0 Å². The normalized spacial score (nSPS) is 11.1. The molecule has 1 rings (SSSR count). The topological polar surface area (TPSA) is 23.5 Å². The molecule has 1 aromatic carbocycles. The van der Waals surface area contributed by atoms with Crippen LogP contribution in [0.1, 0.15) is 18.4 Å². The van der Waals surface area contributed by atoms with E-state index in [2.05, 4.69) is 4.90 Å². The molecule has 96 valence electrons. The Labute approximate surface area is 107 Å². The second-order valence-electron chi connectivity index (χ2n) is 4.22. The third kappa shape index (κ3) is 5.48. The third-order valence-corrected chi connectivity index (χ3v) is 2.95. The molecule has 0 radical (unpaired) electrons. The highest BCUT2D eigenvalue weighted by atomic mass is 35.5. The van der Waals surface area contributed by atoms with E-state index in [1.165, 1.54) is 6.07 Å².